The summed E-state index contributed by atoms with van der Waals surface area (Å²) >= 11 is 0. The number of carbonyl (C=O) groups is 1. The molecule has 0 spiro atoms. The summed E-state index contributed by atoms with van der Waals surface area (Å²) in [6, 6.07) is 20.9. The molecular formula is C28H25N3O4S. The van der Waals surface area contributed by atoms with Crippen LogP contribution in [0.4, 0.5) is 0 Å². The third-order valence-electron chi connectivity index (χ3n) is 5.97. The lowest BCUT2D eigenvalue weighted by molar-refractivity contribution is 0.0950. The number of nitrogens with zero attached hydrogens (tertiary/aromatic N) is 2. The summed E-state index contributed by atoms with van der Waals surface area (Å²) < 4.78 is 23.5. The van der Waals surface area contributed by atoms with Crippen LogP contribution in [0.15, 0.2) is 84.0 Å². The number of rotatable bonds is 6. The number of fused-ring (bicyclic) bond motifs is 1. The van der Waals surface area contributed by atoms with Crippen molar-refractivity contribution in [1.29, 1.82) is 0 Å². The van der Waals surface area contributed by atoms with Crippen LogP contribution in [0.2, 0.25) is 0 Å². The van der Waals surface area contributed by atoms with Gasteiger partial charge in [-0.15, -0.1) is 0 Å². The molecule has 1 atom stereocenters. The fourth-order valence-electron chi connectivity index (χ4n) is 4.09. The fourth-order valence-corrected chi connectivity index (χ4v) is 5.26. The minimum atomic E-state index is -1.17. The number of methoxy groups -OCH3 is 1. The van der Waals surface area contributed by atoms with Crippen LogP contribution in [0.25, 0.3) is 22.4 Å². The van der Waals surface area contributed by atoms with E-state index in [1.165, 1.54) is 0 Å². The van der Waals surface area contributed by atoms with Crippen molar-refractivity contribution in [3.05, 3.63) is 95.9 Å². The van der Waals surface area contributed by atoms with E-state index >= 15 is 0 Å². The Morgan fingerprint density at radius 2 is 1.92 bits per heavy atom. The lowest BCUT2D eigenvalue weighted by atomic mass is 10.0. The first-order chi connectivity index (χ1) is 17.6. The Hall–Kier alpha value is -3.88. The summed E-state index contributed by atoms with van der Waals surface area (Å²) in [5.74, 6) is 0.934. The van der Waals surface area contributed by atoms with Gasteiger partial charge in [0.1, 0.15) is 5.75 Å². The number of aromatic nitrogens is 2. The van der Waals surface area contributed by atoms with Crippen molar-refractivity contribution in [3.63, 3.8) is 0 Å². The summed E-state index contributed by atoms with van der Waals surface area (Å²) in [6.07, 6.45) is 3.48. The second kappa shape index (κ2) is 10.8. The molecule has 1 aliphatic heterocycles. The summed E-state index contributed by atoms with van der Waals surface area (Å²) in [5.41, 5.74) is 5.73. The van der Waals surface area contributed by atoms with Gasteiger partial charge in [-0.2, -0.15) is 0 Å². The molecule has 7 nitrogen and oxygen atoms in total. The van der Waals surface area contributed by atoms with Gasteiger partial charge < -0.3 is 14.8 Å². The molecule has 0 aliphatic carbocycles. The van der Waals surface area contributed by atoms with Crippen molar-refractivity contribution in [3.8, 4) is 28.1 Å². The van der Waals surface area contributed by atoms with Crippen molar-refractivity contribution in [2.24, 2.45) is 0 Å². The number of benzene rings is 2. The van der Waals surface area contributed by atoms with E-state index in [1.54, 1.807) is 31.6 Å². The van der Waals surface area contributed by atoms with Crippen LogP contribution in [0.1, 0.15) is 21.6 Å². The monoisotopic (exact) mass is 499 g/mol. The fraction of sp³-hybridized carbons (Fsp3) is 0.179. The third kappa shape index (κ3) is 5.19. The van der Waals surface area contributed by atoms with E-state index in [0.29, 0.717) is 29.4 Å². The first-order valence-electron chi connectivity index (χ1n) is 11.5. The van der Waals surface area contributed by atoms with Crippen LogP contribution in [-0.4, -0.2) is 39.6 Å². The normalized spacial score (nSPS) is 15.0. The van der Waals surface area contributed by atoms with Gasteiger partial charge in [-0.1, -0.05) is 18.2 Å². The topological polar surface area (TPSA) is 90.4 Å². The number of hydrogen-bond donors (Lipinski definition) is 1. The molecule has 0 saturated heterocycles. The van der Waals surface area contributed by atoms with Gasteiger partial charge in [-0.3, -0.25) is 19.0 Å². The highest BCUT2D eigenvalue weighted by Crippen LogP contribution is 2.33. The largest absolute Gasteiger partial charge is 0.496 e. The Morgan fingerprint density at radius 3 is 2.75 bits per heavy atom. The molecule has 1 aliphatic rings. The maximum Gasteiger partial charge on any atom is 0.251 e. The summed E-state index contributed by atoms with van der Waals surface area (Å²) in [5, 5.41) is 2.93. The number of nitrogens with one attached hydrogen (secondary N) is 1. The SMILES string of the molecule is COc1ccc(-c2ccnc(CNC(=O)c3ccc4c(c3)S(=O)CCOC4)c2)cc1-c1ccccn1. The van der Waals surface area contributed by atoms with Crippen molar-refractivity contribution in [1.82, 2.24) is 15.3 Å². The zero-order valence-corrected chi connectivity index (χ0v) is 20.6. The number of amides is 1. The standard InChI is InChI=1S/C28H25N3O4S/c1-34-26-8-7-19(15-24(26)25-4-2-3-10-30-25)20-9-11-29-23(14-20)17-31-28(32)21-5-6-22-18-35-12-13-36(33)27(22)16-21/h2-11,14-16H,12-13,17-18H2,1H3,(H,31,32). The van der Waals surface area contributed by atoms with Gasteiger partial charge in [-0.25, -0.2) is 0 Å². The lowest BCUT2D eigenvalue weighted by Crippen LogP contribution is -2.23. The molecule has 3 heterocycles. The Bertz CT molecular complexity index is 1430. The molecule has 36 heavy (non-hydrogen) atoms. The van der Waals surface area contributed by atoms with Crippen LogP contribution in [0, 0.1) is 0 Å². The minimum absolute atomic E-state index is 0.242. The van der Waals surface area contributed by atoms with Crippen molar-refractivity contribution in [2.45, 2.75) is 18.0 Å². The van der Waals surface area contributed by atoms with Crippen LogP contribution < -0.4 is 10.1 Å². The van der Waals surface area contributed by atoms with E-state index < -0.39 is 10.8 Å². The molecule has 0 radical (unpaired) electrons. The molecule has 2 aromatic carbocycles. The molecule has 2 aromatic heterocycles. The van der Waals surface area contributed by atoms with Gasteiger partial charge in [-0.05, 0) is 65.2 Å². The average Bonchev–Trinajstić information content (AvgIpc) is 3.12. The summed E-state index contributed by atoms with van der Waals surface area (Å²) in [7, 11) is 0.470. The molecule has 5 rings (SSSR count). The number of hydrogen-bond acceptors (Lipinski definition) is 6. The summed E-state index contributed by atoms with van der Waals surface area (Å²) in [6.45, 7) is 1.12. The quantitative estimate of drug-likeness (QED) is 0.423. The Morgan fingerprint density at radius 1 is 1.03 bits per heavy atom. The van der Waals surface area contributed by atoms with Gasteiger partial charge in [0.25, 0.3) is 5.91 Å². The zero-order chi connectivity index (χ0) is 24.9. The Balaban J connectivity index is 1.34. The first-order valence-corrected chi connectivity index (χ1v) is 12.9. The van der Waals surface area contributed by atoms with Crippen LogP contribution in [0.3, 0.4) is 0 Å². The minimum Gasteiger partial charge on any atom is -0.496 e. The first kappa shape index (κ1) is 23.8. The maximum absolute atomic E-state index is 12.8. The zero-order valence-electron chi connectivity index (χ0n) is 19.8. The number of ether oxygens (including phenoxy) is 2. The second-order valence-corrected chi connectivity index (χ2v) is 9.81. The predicted molar refractivity (Wildman–Crippen MR) is 138 cm³/mol. The van der Waals surface area contributed by atoms with Gasteiger partial charge >= 0.3 is 0 Å². The van der Waals surface area contributed by atoms with E-state index in [9.17, 15) is 9.00 Å². The molecule has 0 bridgehead atoms. The molecule has 182 valence electrons. The van der Waals surface area contributed by atoms with Crippen molar-refractivity contribution in [2.75, 3.05) is 19.5 Å². The van der Waals surface area contributed by atoms with Crippen molar-refractivity contribution < 1.29 is 18.5 Å². The third-order valence-corrected chi connectivity index (χ3v) is 7.37. The highest BCUT2D eigenvalue weighted by atomic mass is 32.2. The maximum atomic E-state index is 12.8. The number of pyridine rings is 2. The average molecular weight is 500 g/mol. The van der Waals surface area contributed by atoms with Crippen molar-refractivity contribution >= 4 is 16.7 Å². The lowest BCUT2D eigenvalue weighted by Gasteiger charge is -2.12. The van der Waals surface area contributed by atoms with Crippen LogP contribution >= 0.6 is 0 Å². The Kier molecular flexibility index (Phi) is 7.16. The second-order valence-electron chi connectivity index (χ2n) is 8.27. The molecule has 1 N–H and O–H groups in total. The predicted octanol–water partition coefficient (Wildman–Crippen LogP) is 4.39. The molecule has 8 heteroatoms. The molecule has 1 unspecified atom stereocenters. The smallest absolute Gasteiger partial charge is 0.251 e. The Labute approximate surface area is 212 Å². The highest BCUT2D eigenvalue weighted by molar-refractivity contribution is 7.85. The number of carbonyl (C=O) groups excluding carboxylic acids is 1. The van der Waals surface area contributed by atoms with E-state index in [2.05, 4.69) is 15.3 Å². The van der Waals surface area contributed by atoms with E-state index in [4.69, 9.17) is 9.47 Å². The molecule has 4 aromatic rings. The van der Waals surface area contributed by atoms with E-state index in [-0.39, 0.29) is 12.5 Å². The van der Waals surface area contributed by atoms with Gasteiger partial charge in [0.15, 0.2) is 0 Å². The van der Waals surface area contributed by atoms with E-state index in [1.807, 2.05) is 54.6 Å². The van der Waals surface area contributed by atoms with Crippen LogP contribution in [-0.2, 0) is 28.7 Å². The van der Waals surface area contributed by atoms with E-state index in [0.717, 1.165) is 39.4 Å². The molecule has 1 amide bonds. The molecule has 0 fully saturated rings. The van der Waals surface area contributed by atoms with Gasteiger partial charge in [0, 0.05) is 28.4 Å². The van der Waals surface area contributed by atoms with Gasteiger partial charge in [0.2, 0.25) is 0 Å². The van der Waals surface area contributed by atoms with Crippen LogP contribution in [0.5, 0.6) is 5.75 Å². The highest BCUT2D eigenvalue weighted by Gasteiger charge is 2.17. The van der Waals surface area contributed by atoms with Gasteiger partial charge in [0.05, 0.1) is 54.8 Å². The summed E-state index contributed by atoms with van der Waals surface area (Å²) in [4.78, 5) is 22.4. The molecular weight excluding hydrogens is 474 g/mol. The molecule has 0 saturated carbocycles.